The third kappa shape index (κ3) is 2.97. The summed E-state index contributed by atoms with van der Waals surface area (Å²) in [5.74, 6) is -1.02. The Morgan fingerprint density at radius 2 is 2.39 bits per heavy atom. The van der Waals surface area contributed by atoms with Crippen LogP contribution in [0.5, 0.6) is 0 Å². The minimum absolute atomic E-state index is 0.287. The Balaban J connectivity index is 1.94. The van der Waals surface area contributed by atoms with E-state index < -0.39 is 5.97 Å². The highest BCUT2D eigenvalue weighted by Crippen LogP contribution is 2.14. The van der Waals surface area contributed by atoms with E-state index in [0.29, 0.717) is 6.42 Å². The minimum atomic E-state index is -0.734. The lowest BCUT2D eigenvalue weighted by atomic mass is 10.1. The highest BCUT2D eigenvalue weighted by molar-refractivity contribution is 5.77. The number of allylic oxidation sites excluding steroid dienone is 1. The normalized spacial score (nSPS) is 13.2. The Labute approximate surface area is 105 Å². The zero-order chi connectivity index (χ0) is 13.0. The van der Waals surface area contributed by atoms with Crippen LogP contribution in [0.1, 0.15) is 25.3 Å². The van der Waals surface area contributed by atoms with Gasteiger partial charge in [0, 0.05) is 0 Å². The Kier molecular flexibility index (Phi) is 3.77. The number of carbonyl (C=O) groups is 1. The zero-order valence-electron chi connectivity index (χ0n) is 10.3. The molecule has 1 unspecified atom stereocenters. The van der Waals surface area contributed by atoms with E-state index in [9.17, 15) is 4.79 Å². The van der Waals surface area contributed by atoms with E-state index >= 15 is 0 Å². The zero-order valence-corrected chi connectivity index (χ0v) is 10.3. The topological polar surface area (TPSA) is 66.0 Å². The van der Waals surface area contributed by atoms with Gasteiger partial charge in [0.25, 0.3) is 0 Å². The number of H-pyrrole nitrogens is 1. The van der Waals surface area contributed by atoms with Crippen LogP contribution in [0.3, 0.4) is 0 Å². The van der Waals surface area contributed by atoms with Crippen molar-refractivity contribution in [3.8, 4) is 0 Å². The van der Waals surface area contributed by atoms with Gasteiger partial charge >= 0.3 is 5.97 Å². The molecule has 1 aromatic heterocycles. The standard InChI is InChI=1S/C14H16N2O2/c1-10(14(17)18)4-2-3-5-11-6-7-12-13(8-11)16-9-15-12/h3,5-10H,2,4H2,1H3,(H,15,16)(H,17,18)/b5-3+. The first-order chi connectivity index (χ1) is 8.66. The van der Waals surface area contributed by atoms with Gasteiger partial charge < -0.3 is 10.1 Å². The van der Waals surface area contributed by atoms with E-state index in [-0.39, 0.29) is 5.92 Å². The maximum atomic E-state index is 10.6. The lowest BCUT2D eigenvalue weighted by molar-refractivity contribution is -0.141. The Morgan fingerprint density at radius 1 is 1.56 bits per heavy atom. The molecular formula is C14H16N2O2. The van der Waals surface area contributed by atoms with Crippen molar-refractivity contribution in [1.82, 2.24) is 9.97 Å². The van der Waals surface area contributed by atoms with Crippen molar-refractivity contribution >= 4 is 23.1 Å². The Hall–Kier alpha value is -2.10. The number of aliphatic carboxylic acids is 1. The number of fused-ring (bicyclic) bond motifs is 1. The molecule has 2 rings (SSSR count). The first-order valence-electron chi connectivity index (χ1n) is 5.99. The Morgan fingerprint density at radius 3 is 3.17 bits per heavy atom. The van der Waals surface area contributed by atoms with Gasteiger partial charge in [0.15, 0.2) is 0 Å². The predicted molar refractivity (Wildman–Crippen MR) is 71.2 cm³/mol. The summed E-state index contributed by atoms with van der Waals surface area (Å²) < 4.78 is 0. The third-order valence-corrected chi connectivity index (χ3v) is 2.94. The van der Waals surface area contributed by atoms with Crippen LogP contribution < -0.4 is 0 Å². The van der Waals surface area contributed by atoms with Crippen molar-refractivity contribution in [1.29, 1.82) is 0 Å². The molecule has 2 aromatic rings. The minimum Gasteiger partial charge on any atom is -0.481 e. The van der Waals surface area contributed by atoms with Crippen LogP contribution in [0.2, 0.25) is 0 Å². The molecule has 0 saturated heterocycles. The number of rotatable bonds is 5. The molecule has 0 bridgehead atoms. The van der Waals surface area contributed by atoms with E-state index in [1.807, 2.05) is 30.4 Å². The largest absolute Gasteiger partial charge is 0.481 e. The molecule has 2 N–H and O–H groups in total. The van der Waals surface area contributed by atoms with Gasteiger partial charge in [0.2, 0.25) is 0 Å². The van der Waals surface area contributed by atoms with Gasteiger partial charge in [-0.25, -0.2) is 4.98 Å². The first kappa shape index (κ1) is 12.4. The van der Waals surface area contributed by atoms with Gasteiger partial charge in [-0.3, -0.25) is 4.79 Å². The second-order valence-electron chi connectivity index (χ2n) is 4.40. The van der Waals surface area contributed by atoms with Gasteiger partial charge in [0.1, 0.15) is 0 Å². The highest BCUT2D eigenvalue weighted by Gasteiger charge is 2.08. The molecule has 4 heteroatoms. The summed E-state index contributed by atoms with van der Waals surface area (Å²) in [6, 6.07) is 5.99. The molecule has 1 heterocycles. The summed E-state index contributed by atoms with van der Waals surface area (Å²) in [5, 5.41) is 8.76. The van der Waals surface area contributed by atoms with E-state index in [1.165, 1.54) is 0 Å². The van der Waals surface area contributed by atoms with Crippen molar-refractivity contribution in [3.05, 3.63) is 36.2 Å². The summed E-state index contributed by atoms with van der Waals surface area (Å²) in [6.07, 6.45) is 7.13. The number of hydrogen-bond donors (Lipinski definition) is 2. The lowest BCUT2D eigenvalue weighted by Crippen LogP contribution is -2.08. The van der Waals surface area contributed by atoms with Crippen molar-refractivity contribution in [2.45, 2.75) is 19.8 Å². The quantitative estimate of drug-likeness (QED) is 0.849. The first-order valence-corrected chi connectivity index (χ1v) is 5.99. The van der Waals surface area contributed by atoms with Crippen LogP contribution in [-0.4, -0.2) is 21.0 Å². The average Bonchev–Trinajstić information content (AvgIpc) is 2.81. The molecule has 0 aliphatic heterocycles. The van der Waals surface area contributed by atoms with Crippen molar-refractivity contribution in [2.75, 3.05) is 0 Å². The van der Waals surface area contributed by atoms with Crippen molar-refractivity contribution in [2.24, 2.45) is 5.92 Å². The number of carboxylic acid groups (broad SMARTS) is 1. The molecule has 0 radical (unpaired) electrons. The fraction of sp³-hybridized carbons (Fsp3) is 0.286. The van der Waals surface area contributed by atoms with E-state index in [4.69, 9.17) is 5.11 Å². The summed E-state index contributed by atoms with van der Waals surface area (Å²) >= 11 is 0. The summed E-state index contributed by atoms with van der Waals surface area (Å²) in [4.78, 5) is 17.9. The maximum absolute atomic E-state index is 10.6. The number of carboxylic acids is 1. The van der Waals surface area contributed by atoms with Crippen LogP contribution in [0.25, 0.3) is 17.1 Å². The van der Waals surface area contributed by atoms with Crippen LogP contribution in [-0.2, 0) is 4.79 Å². The smallest absolute Gasteiger partial charge is 0.306 e. The van der Waals surface area contributed by atoms with Crippen LogP contribution in [0.4, 0.5) is 0 Å². The van der Waals surface area contributed by atoms with Crippen LogP contribution >= 0.6 is 0 Å². The number of aromatic amines is 1. The molecule has 1 aromatic carbocycles. The second kappa shape index (κ2) is 5.49. The lowest BCUT2D eigenvalue weighted by Gasteiger charge is -2.01. The molecule has 18 heavy (non-hydrogen) atoms. The molecule has 0 saturated carbocycles. The number of aromatic nitrogens is 2. The maximum Gasteiger partial charge on any atom is 0.306 e. The van der Waals surface area contributed by atoms with Gasteiger partial charge in [-0.05, 0) is 30.5 Å². The van der Waals surface area contributed by atoms with E-state index in [2.05, 4.69) is 9.97 Å². The summed E-state index contributed by atoms with van der Waals surface area (Å²) in [7, 11) is 0. The highest BCUT2D eigenvalue weighted by atomic mass is 16.4. The molecule has 1 atom stereocenters. The summed E-state index contributed by atoms with van der Waals surface area (Å²) in [6.45, 7) is 1.73. The van der Waals surface area contributed by atoms with Crippen molar-refractivity contribution < 1.29 is 9.90 Å². The number of hydrogen-bond acceptors (Lipinski definition) is 2. The SMILES string of the molecule is CC(CC/C=C/c1ccc2nc[nH]c2c1)C(=O)O. The number of benzene rings is 1. The fourth-order valence-corrected chi connectivity index (χ4v) is 1.75. The molecule has 4 nitrogen and oxygen atoms in total. The van der Waals surface area contributed by atoms with Crippen LogP contribution in [0, 0.1) is 5.92 Å². The van der Waals surface area contributed by atoms with E-state index in [0.717, 1.165) is 23.0 Å². The van der Waals surface area contributed by atoms with Gasteiger partial charge in [0.05, 0.1) is 23.3 Å². The molecule has 0 fully saturated rings. The molecule has 0 spiro atoms. The number of nitrogens with zero attached hydrogens (tertiary/aromatic N) is 1. The Bertz CT molecular complexity index is 572. The summed E-state index contributed by atoms with van der Waals surface area (Å²) in [5.41, 5.74) is 3.05. The molecule has 0 amide bonds. The average molecular weight is 244 g/mol. The van der Waals surface area contributed by atoms with Crippen molar-refractivity contribution in [3.63, 3.8) is 0 Å². The van der Waals surface area contributed by atoms with E-state index in [1.54, 1.807) is 13.3 Å². The number of nitrogens with one attached hydrogen (secondary N) is 1. The second-order valence-corrected chi connectivity index (χ2v) is 4.40. The fourth-order valence-electron chi connectivity index (χ4n) is 1.75. The van der Waals surface area contributed by atoms with Gasteiger partial charge in [-0.15, -0.1) is 0 Å². The molecule has 94 valence electrons. The molecular weight excluding hydrogens is 228 g/mol. The third-order valence-electron chi connectivity index (χ3n) is 2.94. The predicted octanol–water partition coefficient (Wildman–Crippen LogP) is 3.08. The molecule has 0 aliphatic carbocycles. The van der Waals surface area contributed by atoms with Gasteiger partial charge in [-0.2, -0.15) is 0 Å². The van der Waals surface area contributed by atoms with Gasteiger partial charge in [-0.1, -0.05) is 25.1 Å². The molecule has 0 aliphatic rings. The monoisotopic (exact) mass is 244 g/mol. The number of imidazole rings is 1. The van der Waals surface area contributed by atoms with Crippen LogP contribution in [0.15, 0.2) is 30.6 Å².